The second kappa shape index (κ2) is 12.5. The van der Waals surface area contributed by atoms with Crippen LogP contribution < -0.4 is 20.7 Å². The first kappa shape index (κ1) is 25.7. The van der Waals surface area contributed by atoms with Crippen molar-refractivity contribution >= 4 is 23.4 Å². The molecule has 0 aliphatic carbocycles. The Morgan fingerprint density at radius 1 is 1.03 bits per heavy atom. The van der Waals surface area contributed by atoms with Gasteiger partial charge in [-0.1, -0.05) is 30.3 Å². The van der Waals surface area contributed by atoms with E-state index in [0.717, 1.165) is 30.7 Å². The Morgan fingerprint density at radius 2 is 1.75 bits per heavy atom. The van der Waals surface area contributed by atoms with Crippen molar-refractivity contribution in [1.29, 1.82) is 0 Å². The first-order valence-electron chi connectivity index (χ1n) is 12.9. The highest BCUT2D eigenvalue weighted by Crippen LogP contribution is 2.21. The van der Waals surface area contributed by atoms with E-state index in [0.29, 0.717) is 44.6 Å². The van der Waals surface area contributed by atoms with Gasteiger partial charge in [0.25, 0.3) is 0 Å². The fraction of sp³-hybridized carbons (Fsp3) is 0.464. The van der Waals surface area contributed by atoms with Crippen LogP contribution in [0.2, 0.25) is 0 Å². The van der Waals surface area contributed by atoms with Crippen LogP contribution in [0.3, 0.4) is 0 Å². The molecule has 2 unspecified atom stereocenters. The fourth-order valence-electron chi connectivity index (χ4n) is 4.86. The molecule has 36 heavy (non-hydrogen) atoms. The van der Waals surface area contributed by atoms with Gasteiger partial charge in [-0.3, -0.25) is 14.4 Å². The largest absolute Gasteiger partial charge is 0.494 e. The van der Waals surface area contributed by atoms with Crippen LogP contribution in [0.25, 0.3) is 0 Å². The van der Waals surface area contributed by atoms with E-state index in [2.05, 4.69) is 16.0 Å². The van der Waals surface area contributed by atoms with E-state index in [1.807, 2.05) is 42.2 Å². The highest BCUT2D eigenvalue weighted by atomic mass is 16.5. The quantitative estimate of drug-likeness (QED) is 0.500. The number of amides is 3. The predicted octanol–water partition coefficient (Wildman–Crippen LogP) is 2.74. The zero-order chi connectivity index (χ0) is 25.3. The average Bonchev–Trinajstić information content (AvgIpc) is 3.45. The minimum atomic E-state index is -0.714. The van der Waals surface area contributed by atoms with Gasteiger partial charge in [-0.2, -0.15) is 0 Å². The first-order valence-corrected chi connectivity index (χ1v) is 12.9. The molecule has 2 heterocycles. The Hall–Kier alpha value is -3.39. The first-order chi connectivity index (χ1) is 17.5. The number of nitrogens with one attached hydrogen (secondary N) is 3. The van der Waals surface area contributed by atoms with Crippen LogP contribution in [0.15, 0.2) is 54.6 Å². The molecule has 0 spiro atoms. The molecule has 0 aromatic heterocycles. The second-order valence-corrected chi connectivity index (χ2v) is 9.45. The third-order valence-corrected chi connectivity index (χ3v) is 6.88. The molecule has 8 heteroatoms. The summed E-state index contributed by atoms with van der Waals surface area (Å²) in [5, 5.41) is 9.18. The van der Waals surface area contributed by atoms with Crippen LogP contribution >= 0.6 is 0 Å². The summed E-state index contributed by atoms with van der Waals surface area (Å²) >= 11 is 0. The zero-order valence-electron chi connectivity index (χ0n) is 20.9. The molecule has 2 fully saturated rings. The van der Waals surface area contributed by atoms with Gasteiger partial charge >= 0.3 is 0 Å². The lowest BCUT2D eigenvalue weighted by Crippen LogP contribution is -2.51. The standard InChI is InChI=1S/C28H36N4O4/c1-2-36-23-12-10-22(11-13-23)30-27(34)25(19-20-7-4-3-5-8-20)31-26(33)21-14-17-32(18-15-21)28(35)24-9-6-16-29-24/h3-5,7-8,10-13,21,24-25,29H,2,6,9,14-19H2,1H3,(H,30,34)(H,31,33). The number of carbonyl (C=O) groups is 3. The van der Waals surface area contributed by atoms with Gasteiger partial charge < -0.3 is 25.6 Å². The molecule has 2 saturated heterocycles. The summed E-state index contributed by atoms with van der Waals surface area (Å²) in [6.45, 7) is 4.51. The molecule has 0 saturated carbocycles. The van der Waals surface area contributed by atoms with Crippen molar-refractivity contribution in [3.63, 3.8) is 0 Å². The number of anilines is 1. The van der Waals surface area contributed by atoms with Gasteiger partial charge in [0.15, 0.2) is 0 Å². The molecule has 0 bridgehead atoms. The number of piperidine rings is 1. The highest BCUT2D eigenvalue weighted by molar-refractivity contribution is 5.97. The Kier molecular flexibility index (Phi) is 8.95. The van der Waals surface area contributed by atoms with Crippen LogP contribution in [0, 0.1) is 5.92 Å². The van der Waals surface area contributed by atoms with E-state index in [4.69, 9.17) is 4.74 Å². The SMILES string of the molecule is CCOc1ccc(NC(=O)C(Cc2ccccc2)NC(=O)C2CCN(C(=O)C3CCCN3)CC2)cc1. The van der Waals surface area contributed by atoms with Gasteiger partial charge in [0, 0.05) is 31.1 Å². The number of carbonyl (C=O) groups excluding carboxylic acids is 3. The molecule has 2 atom stereocenters. The van der Waals surface area contributed by atoms with Crippen LogP contribution in [0.1, 0.15) is 38.2 Å². The minimum Gasteiger partial charge on any atom is -0.494 e. The van der Waals surface area contributed by atoms with E-state index in [9.17, 15) is 14.4 Å². The van der Waals surface area contributed by atoms with Crippen molar-refractivity contribution in [1.82, 2.24) is 15.5 Å². The molecule has 4 rings (SSSR count). The van der Waals surface area contributed by atoms with Crippen molar-refractivity contribution in [2.75, 3.05) is 31.6 Å². The van der Waals surface area contributed by atoms with Crippen molar-refractivity contribution in [3.8, 4) is 5.75 Å². The summed E-state index contributed by atoms with van der Waals surface area (Å²) in [4.78, 5) is 40.9. The lowest BCUT2D eigenvalue weighted by Gasteiger charge is -2.33. The number of nitrogens with zero attached hydrogens (tertiary/aromatic N) is 1. The second-order valence-electron chi connectivity index (χ2n) is 9.45. The Balaban J connectivity index is 1.36. The van der Waals surface area contributed by atoms with E-state index in [1.54, 1.807) is 24.3 Å². The van der Waals surface area contributed by atoms with Crippen LogP contribution in [0.4, 0.5) is 5.69 Å². The maximum absolute atomic E-state index is 13.2. The van der Waals surface area contributed by atoms with Gasteiger partial charge in [-0.05, 0) is 69.0 Å². The van der Waals surface area contributed by atoms with E-state index >= 15 is 0 Å². The van der Waals surface area contributed by atoms with E-state index < -0.39 is 6.04 Å². The minimum absolute atomic E-state index is 0.0862. The fourth-order valence-corrected chi connectivity index (χ4v) is 4.86. The molecule has 3 amide bonds. The smallest absolute Gasteiger partial charge is 0.247 e. The Bertz CT molecular complexity index is 1010. The molecule has 3 N–H and O–H groups in total. The van der Waals surface area contributed by atoms with E-state index in [-0.39, 0.29) is 29.7 Å². The predicted molar refractivity (Wildman–Crippen MR) is 139 cm³/mol. The van der Waals surface area contributed by atoms with Crippen LogP contribution in [0.5, 0.6) is 5.75 Å². The molecule has 192 valence electrons. The van der Waals surface area contributed by atoms with Gasteiger partial charge in [0.05, 0.1) is 12.6 Å². The maximum Gasteiger partial charge on any atom is 0.247 e. The van der Waals surface area contributed by atoms with Crippen LogP contribution in [-0.4, -0.2) is 60.9 Å². The van der Waals surface area contributed by atoms with Crippen LogP contribution in [-0.2, 0) is 20.8 Å². The summed E-state index contributed by atoms with van der Waals surface area (Å²) in [5.41, 5.74) is 1.61. The van der Waals surface area contributed by atoms with Crippen molar-refractivity contribution in [3.05, 3.63) is 60.2 Å². The molecule has 2 aromatic rings. The number of likely N-dealkylation sites (tertiary alicyclic amines) is 1. The average molecular weight is 493 g/mol. The van der Waals surface area contributed by atoms with Gasteiger partial charge in [0.2, 0.25) is 17.7 Å². The van der Waals surface area contributed by atoms with Crippen molar-refractivity contribution < 1.29 is 19.1 Å². The molecule has 8 nitrogen and oxygen atoms in total. The molecular weight excluding hydrogens is 456 g/mol. The number of ether oxygens (including phenoxy) is 1. The lowest BCUT2D eigenvalue weighted by atomic mass is 9.94. The topological polar surface area (TPSA) is 99.8 Å². The van der Waals surface area contributed by atoms with Gasteiger partial charge in [-0.15, -0.1) is 0 Å². The molecule has 2 aliphatic rings. The molecular formula is C28H36N4O4. The van der Waals surface area contributed by atoms with Gasteiger partial charge in [0.1, 0.15) is 11.8 Å². The normalized spacial score (nSPS) is 18.9. The number of rotatable bonds is 9. The van der Waals surface area contributed by atoms with Crippen molar-refractivity contribution in [2.24, 2.45) is 5.92 Å². The van der Waals surface area contributed by atoms with Gasteiger partial charge in [-0.25, -0.2) is 0 Å². The Morgan fingerprint density at radius 3 is 2.39 bits per heavy atom. The number of hydrogen-bond donors (Lipinski definition) is 3. The summed E-state index contributed by atoms with van der Waals surface area (Å²) in [5.74, 6) is 0.253. The molecule has 2 aliphatic heterocycles. The van der Waals surface area contributed by atoms with E-state index in [1.165, 1.54) is 0 Å². The van der Waals surface area contributed by atoms with Crippen molar-refractivity contribution in [2.45, 2.75) is 51.1 Å². The summed E-state index contributed by atoms with van der Waals surface area (Å²) in [6, 6.07) is 16.1. The molecule has 2 aromatic carbocycles. The number of benzene rings is 2. The lowest BCUT2D eigenvalue weighted by molar-refractivity contribution is -0.137. The Labute approximate surface area is 212 Å². The highest BCUT2D eigenvalue weighted by Gasteiger charge is 2.33. The molecule has 0 radical (unpaired) electrons. The third kappa shape index (κ3) is 6.85. The summed E-state index contributed by atoms with van der Waals surface area (Å²) in [7, 11) is 0. The number of hydrogen-bond acceptors (Lipinski definition) is 5. The maximum atomic E-state index is 13.2. The summed E-state index contributed by atoms with van der Waals surface area (Å²) in [6.07, 6.45) is 3.49. The third-order valence-electron chi connectivity index (χ3n) is 6.88. The summed E-state index contributed by atoms with van der Waals surface area (Å²) < 4.78 is 5.47. The zero-order valence-corrected chi connectivity index (χ0v) is 20.9. The monoisotopic (exact) mass is 492 g/mol.